The van der Waals surface area contributed by atoms with E-state index in [1.807, 2.05) is 12.1 Å². The van der Waals surface area contributed by atoms with E-state index in [9.17, 15) is 14.4 Å². The van der Waals surface area contributed by atoms with Gasteiger partial charge in [0.1, 0.15) is 12.3 Å². The Bertz CT molecular complexity index is 791. The molecule has 0 aliphatic carbocycles. The van der Waals surface area contributed by atoms with Crippen LogP contribution in [0.2, 0.25) is 0 Å². The number of imide groups is 1. The van der Waals surface area contributed by atoms with E-state index in [1.165, 1.54) is 6.42 Å². The Labute approximate surface area is 168 Å². The quantitative estimate of drug-likeness (QED) is 0.718. The zero-order chi connectivity index (χ0) is 19.5. The van der Waals surface area contributed by atoms with Gasteiger partial charge in [-0.25, -0.2) is 0 Å². The third-order valence-corrected chi connectivity index (χ3v) is 6.34. The number of carbonyl (C=O) groups is 3. The first-order valence-electron chi connectivity index (χ1n) is 10.00. The minimum absolute atomic E-state index is 0.159. The van der Waals surface area contributed by atoms with Gasteiger partial charge in [0, 0.05) is 38.3 Å². The highest BCUT2D eigenvalue weighted by atomic mass is 32.2. The molecular weight excluding hydrogens is 378 g/mol. The summed E-state index contributed by atoms with van der Waals surface area (Å²) in [5.41, 5.74) is 0. The molecule has 0 unspecified atom stereocenters. The Morgan fingerprint density at radius 1 is 1.00 bits per heavy atom. The number of likely N-dealkylation sites (tertiary alicyclic amines) is 1. The lowest BCUT2D eigenvalue weighted by molar-refractivity contribution is -0.136. The number of nitrogens with zero attached hydrogens (tertiary/aromatic N) is 3. The monoisotopic (exact) mass is 403 g/mol. The molecule has 4 rings (SSSR count). The fourth-order valence-electron chi connectivity index (χ4n) is 3.85. The molecule has 3 aliphatic rings. The molecule has 4 heterocycles. The van der Waals surface area contributed by atoms with Gasteiger partial charge in [0.25, 0.3) is 11.1 Å². The SMILES string of the molecule is O=C(CN1C(=O)SC(=Cc2ccc(N3CCCCC3)o2)C1=O)N1CCCCC1. The van der Waals surface area contributed by atoms with Crippen molar-refractivity contribution in [3.05, 3.63) is 22.8 Å². The van der Waals surface area contributed by atoms with Crippen LogP contribution in [-0.4, -0.2) is 59.6 Å². The molecule has 8 heteroatoms. The summed E-state index contributed by atoms with van der Waals surface area (Å²) in [5.74, 6) is 0.767. The topological polar surface area (TPSA) is 74.1 Å². The third kappa shape index (κ3) is 4.11. The van der Waals surface area contributed by atoms with Crippen molar-refractivity contribution in [2.75, 3.05) is 37.6 Å². The zero-order valence-electron chi connectivity index (χ0n) is 15.9. The molecule has 0 aromatic carbocycles. The smallest absolute Gasteiger partial charge is 0.294 e. The van der Waals surface area contributed by atoms with Crippen molar-refractivity contribution in [3.63, 3.8) is 0 Å². The average molecular weight is 404 g/mol. The van der Waals surface area contributed by atoms with Crippen molar-refractivity contribution in [2.45, 2.75) is 38.5 Å². The molecule has 3 fully saturated rings. The van der Waals surface area contributed by atoms with E-state index in [0.717, 1.165) is 67.7 Å². The number of rotatable bonds is 4. The molecule has 0 spiro atoms. The van der Waals surface area contributed by atoms with Crippen LogP contribution < -0.4 is 4.90 Å². The molecule has 7 nitrogen and oxygen atoms in total. The number of carbonyl (C=O) groups excluding carboxylic acids is 3. The molecule has 1 aromatic heterocycles. The lowest BCUT2D eigenvalue weighted by atomic mass is 10.1. The average Bonchev–Trinajstić information content (AvgIpc) is 3.30. The van der Waals surface area contributed by atoms with Crippen molar-refractivity contribution in [1.82, 2.24) is 9.80 Å². The number of amides is 3. The van der Waals surface area contributed by atoms with Crippen LogP contribution in [0.1, 0.15) is 44.3 Å². The lowest BCUT2D eigenvalue weighted by Gasteiger charge is -2.27. The molecule has 0 N–H and O–H groups in total. The number of hydrogen-bond donors (Lipinski definition) is 0. The van der Waals surface area contributed by atoms with Crippen LogP contribution in [0.4, 0.5) is 10.7 Å². The number of furan rings is 1. The minimum Gasteiger partial charge on any atom is -0.441 e. The van der Waals surface area contributed by atoms with Gasteiger partial charge in [0.2, 0.25) is 5.91 Å². The van der Waals surface area contributed by atoms with Crippen molar-refractivity contribution in [2.24, 2.45) is 0 Å². The van der Waals surface area contributed by atoms with E-state index in [1.54, 1.807) is 11.0 Å². The van der Waals surface area contributed by atoms with Crippen LogP contribution >= 0.6 is 11.8 Å². The summed E-state index contributed by atoms with van der Waals surface area (Å²) in [4.78, 5) is 42.6. The summed E-state index contributed by atoms with van der Waals surface area (Å²) in [7, 11) is 0. The van der Waals surface area contributed by atoms with Gasteiger partial charge in [0.05, 0.1) is 4.91 Å². The third-order valence-electron chi connectivity index (χ3n) is 5.43. The fourth-order valence-corrected chi connectivity index (χ4v) is 4.67. The predicted octanol–water partition coefficient (Wildman–Crippen LogP) is 3.32. The first kappa shape index (κ1) is 19.1. The van der Waals surface area contributed by atoms with Crippen LogP contribution in [0.5, 0.6) is 0 Å². The van der Waals surface area contributed by atoms with Gasteiger partial charge < -0.3 is 14.2 Å². The summed E-state index contributed by atoms with van der Waals surface area (Å²) >= 11 is 0.864. The fraction of sp³-hybridized carbons (Fsp3) is 0.550. The van der Waals surface area contributed by atoms with Crippen LogP contribution in [0.25, 0.3) is 6.08 Å². The van der Waals surface area contributed by atoms with Crippen molar-refractivity contribution in [3.8, 4) is 0 Å². The summed E-state index contributed by atoms with van der Waals surface area (Å²) < 4.78 is 5.86. The lowest BCUT2D eigenvalue weighted by Crippen LogP contribution is -2.44. The second kappa shape index (κ2) is 8.43. The van der Waals surface area contributed by atoms with Gasteiger partial charge in [-0.3, -0.25) is 19.3 Å². The molecule has 0 radical (unpaired) electrons. The van der Waals surface area contributed by atoms with E-state index in [-0.39, 0.29) is 12.5 Å². The van der Waals surface area contributed by atoms with Gasteiger partial charge in [-0.15, -0.1) is 0 Å². The molecule has 0 atom stereocenters. The normalized spacial score (nSPS) is 22.4. The van der Waals surface area contributed by atoms with Crippen LogP contribution in [0.15, 0.2) is 21.5 Å². The molecule has 1 aromatic rings. The largest absolute Gasteiger partial charge is 0.441 e. The van der Waals surface area contributed by atoms with E-state index in [2.05, 4.69) is 4.90 Å². The Kier molecular flexibility index (Phi) is 5.75. The van der Waals surface area contributed by atoms with Crippen LogP contribution in [-0.2, 0) is 9.59 Å². The van der Waals surface area contributed by atoms with Crippen LogP contribution in [0, 0.1) is 0 Å². The first-order chi connectivity index (χ1) is 13.6. The number of anilines is 1. The van der Waals surface area contributed by atoms with Crippen molar-refractivity contribution >= 4 is 40.8 Å². The maximum Gasteiger partial charge on any atom is 0.294 e. The Hall–Kier alpha value is -2.22. The van der Waals surface area contributed by atoms with E-state index in [4.69, 9.17) is 4.42 Å². The Morgan fingerprint density at radius 3 is 2.39 bits per heavy atom. The number of piperidine rings is 2. The maximum absolute atomic E-state index is 12.6. The molecule has 3 amide bonds. The van der Waals surface area contributed by atoms with Crippen LogP contribution in [0.3, 0.4) is 0 Å². The highest BCUT2D eigenvalue weighted by molar-refractivity contribution is 8.18. The summed E-state index contributed by atoms with van der Waals surface area (Å²) in [5, 5.41) is -0.399. The zero-order valence-corrected chi connectivity index (χ0v) is 16.7. The van der Waals surface area contributed by atoms with Gasteiger partial charge in [0.15, 0.2) is 5.88 Å². The first-order valence-corrected chi connectivity index (χ1v) is 10.8. The summed E-state index contributed by atoms with van der Waals surface area (Å²) in [6.45, 7) is 3.18. The molecule has 150 valence electrons. The minimum atomic E-state index is -0.420. The summed E-state index contributed by atoms with van der Waals surface area (Å²) in [6, 6.07) is 3.72. The highest BCUT2D eigenvalue weighted by Gasteiger charge is 2.37. The standard InChI is InChI=1S/C20H25N3O4S/c24-17(21-9-3-1-4-10-21)14-23-19(25)16(28-20(23)26)13-15-7-8-18(27-15)22-11-5-2-6-12-22/h7-8,13H,1-6,9-12,14H2. The Morgan fingerprint density at radius 2 is 1.68 bits per heavy atom. The molecule has 28 heavy (non-hydrogen) atoms. The number of thioether (sulfide) groups is 1. The molecular formula is C20H25N3O4S. The van der Waals surface area contributed by atoms with Crippen molar-refractivity contribution < 1.29 is 18.8 Å². The second-order valence-corrected chi connectivity index (χ2v) is 8.43. The molecule has 3 aliphatic heterocycles. The van der Waals surface area contributed by atoms with Gasteiger partial charge in [-0.1, -0.05) is 0 Å². The predicted molar refractivity (Wildman–Crippen MR) is 108 cm³/mol. The molecule has 0 saturated carbocycles. The highest BCUT2D eigenvalue weighted by Crippen LogP contribution is 2.33. The summed E-state index contributed by atoms with van der Waals surface area (Å²) in [6.07, 6.45) is 8.23. The van der Waals surface area contributed by atoms with Gasteiger partial charge in [-0.05, 0) is 56.4 Å². The Balaban J connectivity index is 1.41. The van der Waals surface area contributed by atoms with E-state index in [0.29, 0.717) is 23.8 Å². The molecule has 3 saturated heterocycles. The maximum atomic E-state index is 12.6. The molecule has 0 bridgehead atoms. The van der Waals surface area contributed by atoms with Crippen molar-refractivity contribution in [1.29, 1.82) is 0 Å². The van der Waals surface area contributed by atoms with Gasteiger partial charge in [-0.2, -0.15) is 0 Å². The number of hydrogen-bond acceptors (Lipinski definition) is 6. The second-order valence-electron chi connectivity index (χ2n) is 7.43. The van der Waals surface area contributed by atoms with Gasteiger partial charge >= 0.3 is 0 Å². The van der Waals surface area contributed by atoms with E-state index >= 15 is 0 Å². The van der Waals surface area contributed by atoms with E-state index < -0.39 is 11.1 Å².